The van der Waals surface area contributed by atoms with Crippen molar-refractivity contribution < 1.29 is 9.53 Å². The van der Waals surface area contributed by atoms with Crippen LogP contribution >= 0.6 is 34.8 Å². The van der Waals surface area contributed by atoms with Gasteiger partial charge in [0, 0.05) is 17.3 Å². The van der Waals surface area contributed by atoms with Crippen molar-refractivity contribution in [3.63, 3.8) is 0 Å². The Morgan fingerprint density at radius 3 is 2.29 bits per heavy atom. The van der Waals surface area contributed by atoms with E-state index in [-0.39, 0.29) is 33.2 Å². The molecular weight excluding hydrogens is 459 g/mol. The zero-order valence-corrected chi connectivity index (χ0v) is 18.2. The van der Waals surface area contributed by atoms with Crippen LogP contribution in [0.1, 0.15) is 16.1 Å². The van der Waals surface area contributed by atoms with Crippen LogP contribution in [-0.2, 0) is 11.3 Å². The lowest BCUT2D eigenvalue weighted by Gasteiger charge is -2.09. The number of hydrogen-bond donors (Lipinski definition) is 1. The number of esters is 1. The number of aromatic nitrogens is 3. The Bertz CT molecular complexity index is 1240. The minimum absolute atomic E-state index is 0.0151. The summed E-state index contributed by atoms with van der Waals surface area (Å²) in [4.78, 5) is 16.5. The number of hydrogen-bond acceptors (Lipinski definition) is 5. The van der Waals surface area contributed by atoms with Crippen LogP contribution in [0.2, 0.25) is 15.2 Å². The Morgan fingerprint density at radius 2 is 1.61 bits per heavy atom. The Labute approximate surface area is 193 Å². The van der Waals surface area contributed by atoms with Gasteiger partial charge in [0.1, 0.15) is 11.6 Å². The summed E-state index contributed by atoms with van der Waals surface area (Å²) in [7, 11) is 0. The van der Waals surface area contributed by atoms with Crippen molar-refractivity contribution in [2.24, 2.45) is 0 Å². The second-order valence-electron chi connectivity index (χ2n) is 6.52. The molecule has 0 atom stereocenters. The van der Waals surface area contributed by atoms with Crippen LogP contribution < -0.4 is 5.73 Å². The number of carbonyl (C=O) groups excluding carboxylic acids is 1. The van der Waals surface area contributed by atoms with Gasteiger partial charge in [0.05, 0.1) is 22.1 Å². The number of ether oxygens (including phenoxy) is 1. The second kappa shape index (κ2) is 8.98. The number of rotatable bonds is 5. The summed E-state index contributed by atoms with van der Waals surface area (Å²) in [6, 6.07) is 19.2. The molecule has 2 N–H and O–H groups in total. The molecule has 0 spiro atoms. The maximum atomic E-state index is 12.6. The van der Waals surface area contributed by atoms with E-state index in [4.69, 9.17) is 45.3 Å². The number of halogens is 3. The maximum Gasteiger partial charge on any atom is 0.358 e. The Balaban J connectivity index is 1.65. The average molecular weight is 474 g/mol. The monoisotopic (exact) mass is 472 g/mol. The third kappa shape index (κ3) is 4.37. The molecule has 9 heteroatoms. The van der Waals surface area contributed by atoms with Gasteiger partial charge in [0.2, 0.25) is 0 Å². The number of nitrogen functional groups attached to an aromatic ring is 1. The van der Waals surface area contributed by atoms with Gasteiger partial charge in [-0.05, 0) is 12.1 Å². The van der Waals surface area contributed by atoms with Crippen LogP contribution in [0.5, 0.6) is 0 Å². The molecule has 0 saturated carbocycles. The summed E-state index contributed by atoms with van der Waals surface area (Å²) in [5.41, 5.74) is 8.70. The molecule has 0 fully saturated rings. The van der Waals surface area contributed by atoms with E-state index < -0.39 is 5.97 Å². The van der Waals surface area contributed by atoms with Crippen molar-refractivity contribution in [1.29, 1.82) is 0 Å². The van der Waals surface area contributed by atoms with Crippen LogP contribution in [0.4, 0.5) is 5.69 Å². The van der Waals surface area contributed by atoms with Gasteiger partial charge in [-0.3, -0.25) is 0 Å². The van der Waals surface area contributed by atoms with Crippen LogP contribution in [0.25, 0.3) is 16.9 Å². The molecule has 0 saturated heterocycles. The molecular formula is C22H15Cl3N4O2. The fourth-order valence-corrected chi connectivity index (χ4v) is 3.53. The van der Waals surface area contributed by atoms with Gasteiger partial charge in [-0.15, -0.1) is 0 Å². The maximum absolute atomic E-state index is 12.6. The van der Waals surface area contributed by atoms with Crippen LogP contribution in [0.3, 0.4) is 0 Å². The van der Waals surface area contributed by atoms with Crippen LogP contribution in [0, 0.1) is 0 Å². The molecule has 0 radical (unpaired) electrons. The van der Waals surface area contributed by atoms with Gasteiger partial charge >= 0.3 is 5.97 Å². The van der Waals surface area contributed by atoms with Crippen molar-refractivity contribution in [3.8, 4) is 16.9 Å². The van der Waals surface area contributed by atoms with Crippen molar-refractivity contribution in [1.82, 2.24) is 14.8 Å². The number of pyridine rings is 1. The van der Waals surface area contributed by atoms with E-state index in [1.54, 1.807) is 4.68 Å². The normalized spacial score (nSPS) is 10.8. The molecule has 0 bridgehead atoms. The molecule has 2 aromatic heterocycles. The van der Waals surface area contributed by atoms with E-state index >= 15 is 0 Å². The van der Waals surface area contributed by atoms with E-state index in [0.29, 0.717) is 11.3 Å². The molecule has 0 aliphatic rings. The summed E-state index contributed by atoms with van der Waals surface area (Å²) in [5, 5.41) is 4.43. The minimum Gasteiger partial charge on any atom is -0.456 e. The predicted molar refractivity (Wildman–Crippen MR) is 122 cm³/mol. The third-order valence-corrected chi connectivity index (χ3v) is 5.62. The Hall–Kier alpha value is -3.06. The number of nitrogens with two attached hydrogens (primary N) is 1. The Morgan fingerprint density at radius 1 is 0.968 bits per heavy atom. The lowest BCUT2D eigenvalue weighted by atomic mass is 10.1. The first-order chi connectivity index (χ1) is 15.0. The smallest absolute Gasteiger partial charge is 0.358 e. The van der Waals surface area contributed by atoms with E-state index in [0.717, 1.165) is 11.3 Å². The Kier molecular flexibility index (Phi) is 6.13. The van der Waals surface area contributed by atoms with Crippen molar-refractivity contribution in [3.05, 3.63) is 93.3 Å². The van der Waals surface area contributed by atoms with Gasteiger partial charge < -0.3 is 10.5 Å². The molecule has 0 aliphatic carbocycles. The molecule has 4 aromatic rings. The first-order valence-corrected chi connectivity index (χ1v) is 10.3. The minimum atomic E-state index is -0.776. The molecule has 0 aliphatic heterocycles. The fourth-order valence-electron chi connectivity index (χ4n) is 2.95. The summed E-state index contributed by atoms with van der Waals surface area (Å²) >= 11 is 18.0. The van der Waals surface area contributed by atoms with Gasteiger partial charge in [0.15, 0.2) is 10.8 Å². The first kappa shape index (κ1) is 21.2. The lowest BCUT2D eigenvalue weighted by molar-refractivity contribution is 0.0466. The molecule has 156 valence electrons. The largest absolute Gasteiger partial charge is 0.456 e. The number of para-hydroxylation sites is 1. The molecule has 6 nitrogen and oxygen atoms in total. The number of benzene rings is 2. The summed E-state index contributed by atoms with van der Waals surface area (Å²) in [6.45, 7) is -0.0615. The van der Waals surface area contributed by atoms with Gasteiger partial charge in [-0.1, -0.05) is 83.3 Å². The van der Waals surface area contributed by atoms with Crippen molar-refractivity contribution in [2.75, 3.05) is 5.73 Å². The zero-order chi connectivity index (χ0) is 22.0. The van der Waals surface area contributed by atoms with Gasteiger partial charge in [-0.25, -0.2) is 14.5 Å². The van der Waals surface area contributed by atoms with Crippen LogP contribution in [0.15, 0.2) is 66.9 Å². The quantitative estimate of drug-likeness (QED) is 0.291. The van der Waals surface area contributed by atoms with Gasteiger partial charge in [-0.2, -0.15) is 5.10 Å². The molecule has 0 amide bonds. The highest BCUT2D eigenvalue weighted by Gasteiger charge is 2.22. The summed E-state index contributed by atoms with van der Waals surface area (Å²) < 4.78 is 7.19. The second-order valence-corrected chi connectivity index (χ2v) is 7.63. The summed E-state index contributed by atoms with van der Waals surface area (Å²) in [5.74, 6) is -0.776. The third-order valence-electron chi connectivity index (χ3n) is 4.48. The van der Waals surface area contributed by atoms with Crippen molar-refractivity contribution in [2.45, 2.75) is 6.61 Å². The van der Waals surface area contributed by atoms with E-state index in [9.17, 15) is 4.79 Å². The van der Waals surface area contributed by atoms with E-state index in [2.05, 4.69) is 10.1 Å². The van der Waals surface area contributed by atoms with Gasteiger partial charge in [0.25, 0.3) is 0 Å². The highest BCUT2D eigenvalue weighted by Crippen LogP contribution is 2.34. The van der Waals surface area contributed by atoms with E-state index in [1.807, 2.05) is 66.9 Å². The molecule has 2 heterocycles. The SMILES string of the molecule is Nc1c(Cl)c(Cl)nc(C(=O)OCc2cn(-c3ccccc3)nc2-c2ccccc2)c1Cl. The standard InChI is InChI=1S/C22H15Cl3N4O2/c23-16-18(26)17(24)21(25)27-20(16)22(30)31-12-14-11-29(15-9-5-2-6-10-15)28-19(14)13-7-3-1-4-8-13/h1-11H,12H2,(H2,26,27). The highest BCUT2D eigenvalue weighted by molar-refractivity contribution is 6.46. The molecule has 0 unspecified atom stereocenters. The molecule has 2 aromatic carbocycles. The van der Waals surface area contributed by atoms with Crippen LogP contribution in [-0.4, -0.2) is 20.7 Å². The number of carbonyl (C=O) groups is 1. The summed E-state index contributed by atoms with van der Waals surface area (Å²) in [6.07, 6.45) is 1.81. The topological polar surface area (TPSA) is 83.0 Å². The van der Waals surface area contributed by atoms with E-state index in [1.165, 1.54) is 0 Å². The number of anilines is 1. The fraction of sp³-hybridized carbons (Fsp3) is 0.0455. The molecule has 31 heavy (non-hydrogen) atoms. The molecule has 4 rings (SSSR count). The first-order valence-electron chi connectivity index (χ1n) is 9.12. The zero-order valence-electron chi connectivity index (χ0n) is 15.9. The lowest BCUT2D eigenvalue weighted by Crippen LogP contribution is -2.10. The average Bonchev–Trinajstić information content (AvgIpc) is 3.24. The number of nitrogens with zero attached hydrogens (tertiary/aromatic N) is 3. The highest BCUT2D eigenvalue weighted by atomic mass is 35.5. The van der Waals surface area contributed by atoms with Crippen molar-refractivity contribution >= 4 is 46.5 Å². The predicted octanol–water partition coefficient (Wildman–Crippen LogP) is 5.83.